The second kappa shape index (κ2) is 14.2. The highest BCUT2D eigenvalue weighted by atomic mass is 16.4. The summed E-state index contributed by atoms with van der Waals surface area (Å²) >= 11 is 0. The highest BCUT2D eigenvalue weighted by Crippen LogP contribution is 2.08. The first-order valence-corrected chi connectivity index (χ1v) is 11.2. The van der Waals surface area contributed by atoms with E-state index >= 15 is 0 Å². The number of carboxylic acids is 1. The molecule has 0 bridgehead atoms. The second-order valence-electron chi connectivity index (χ2n) is 8.43. The van der Waals surface area contributed by atoms with Crippen molar-refractivity contribution < 1.29 is 24.3 Å². The van der Waals surface area contributed by atoms with Gasteiger partial charge in [0.15, 0.2) is 0 Å². The predicted octanol–water partition coefficient (Wildman–Crippen LogP) is -0.0997. The summed E-state index contributed by atoms with van der Waals surface area (Å²) in [6.07, 6.45) is 1.74. The van der Waals surface area contributed by atoms with Crippen LogP contribution in [0.1, 0.15) is 45.6 Å². The number of benzene rings is 1. The molecule has 0 spiro atoms. The number of nitrogens with two attached hydrogens (primary N) is 2. The van der Waals surface area contributed by atoms with Crippen molar-refractivity contribution in [3.05, 3.63) is 35.9 Å². The molecule has 0 saturated heterocycles. The van der Waals surface area contributed by atoms with E-state index in [4.69, 9.17) is 16.6 Å². The molecule has 3 amide bonds. The van der Waals surface area contributed by atoms with E-state index in [1.165, 1.54) is 6.92 Å². The molecule has 4 unspecified atom stereocenters. The number of amides is 3. The van der Waals surface area contributed by atoms with Crippen LogP contribution in [0.4, 0.5) is 0 Å². The summed E-state index contributed by atoms with van der Waals surface area (Å²) in [4.78, 5) is 49.5. The predicted molar refractivity (Wildman–Crippen MR) is 125 cm³/mol. The Morgan fingerprint density at radius 2 is 1.45 bits per heavy atom. The normalized spacial score (nSPS) is 14.6. The Morgan fingerprint density at radius 1 is 0.879 bits per heavy atom. The molecule has 184 valence electrons. The minimum Gasteiger partial charge on any atom is -0.480 e. The third kappa shape index (κ3) is 10.0. The number of unbranched alkanes of at least 4 members (excludes halogenated alkanes) is 1. The number of carbonyl (C=O) groups is 4. The van der Waals surface area contributed by atoms with Crippen molar-refractivity contribution in [1.29, 1.82) is 0 Å². The van der Waals surface area contributed by atoms with Gasteiger partial charge in [0.2, 0.25) is 17.7 Å². The van der Waals surface area contributed by atoms with Crippen molar-refractivity contribution in [2.45, 2.75) is 70.6 Å². The molecule has 1 aromatic carbocycles. The molecule has 33 heavy (non-hydrogen) atoms. The van der Waals surface area contributed by atoms with Gasteiger partial charge in [0, 0.05) is 6.42 Å². The molecule has 0 aromatic heterocycles. The number of carboxylic acid groups (broad SMARTS) is 1. The van der Waals surface area contributed by atoms with E-state index in [0.717, 1.165) is 5.56 Å². The molecular formula is C23H37N5O5. The van der Waals surface area contributed by atoms with Gasteiger partial charge in [-0.2, -0.15) is 0 Å². The Balaban J connectivity index is 3.03. The molecule has 1 aromatic rings. The van der Waals surface area contributed by atoms with Gasteiger partial charge in [-0.1, -0.05) is 44.2 Å². The number of hydrogen-bond donors (Lipinski definition) is 6. The van der Waals surface area contributed by atoms with Crippen molar-refractivity contribution in [1.82, 2.24) is 16.0 Å². The van der Waals surface area contributed by atoms with Crippen LogP contribution in [0.15, 0.2) is 30.3 Å². The summed E-state index contributed by atoms with van der Waals surface area (Å²) in [6, 6.07) is 5.18. The van der Waals surface area contributed by atoms with Gasteiger partial charge in [-0.25, -0.2) is 0 Å². The molecule has 10 nitrogen and oxygen atoms in total. The third-order valence-corrected chi connectivity index (χ3v) is 5.25. The number of nitrogens with one attached hydrogen (secondary N) is 3. The topological polar surface area (TPSA) is 177 Å². The Hall–Kier alpha value is -2.98. The van der Waals surface area contributed by atoms with Crippen LogP contribution in [-0.2, 0) is 25.6 Å². The molecular weight excluding hydrogens is 426 g/mol. The summed E-state index contributed by atoms with van der Waals surface area (Å²) in [5.74, 6) is -2.94. The van der Waals surface area contributed by atoms with Gasteiger partial charge in [0.05, 0.1) is 6.04 Å². The van der Waals surface area contributed by atoms with Crippen LogP contribution in [-0.4, -0.2) is 59.5 Å². The Labute approximate surface area is 194 Å². The average molecular weight is 464 g/mol. The van der Waals surface area contributed by atoms with Gasteiger partial charge in [-0.05, 0) is 44.2 Å². The number of carbonyl (C=O) groups excluding carboxylic acids is 3. The number of rotatable bonds is 14. The van der Waals surface area contributed by atoms with E-state index in [9.17, 15) is 19.2 Å². The summed E-state index contributed by atoms with van der Waals surface area (Å²) in [7, 11) is 0. The summed E-state index contributed by atoms with van der Waals surface area (Å²) in [5.41, 5.74) is 12.2. The van der Waals surface area contributed by atoms with Crippen LogP contribution in [0.2, 0.25) is 0 Å². The monoisotopic (exact) mass is 463 g/mol. The van der Waals surface area contributed by atoms with E-state index < -0.39 is 47.9 Å². The first kappa shape index (κ1) is 28.1. The second-order valence-corrected chi connectivity index (χ2v) is 8.43. The van der Waals surface area contributed by atoms with Gasteiger partial charge in [-0.3, -0.25) is 19.2 Å². The number of hydrogen-bond acceptors (Lipinski definition) is 6. The maximum Gasteiger partial charge on any atom is 0.325 e. The first-order valence-electron chi connectivity index (χ1n) is 11.2. The summed E-state index contributed by atoms with van der Waals surface area (Å²) in [6.45, 7) is 5.39. The van der Waals surface area contributed by atoms with Gasteiger partial charge in [0.25, 0.3) is 0 Å². The SMILES string of the molecule is CC(NC(=O)C(Cc1ccccc1)NC(=O)C(CCCCN)NC(=O)C(N)C(C)C)C(=O)O. The zero-order valence-electron chi connectivity index (χ0n) is 19.5. The van der Waals surface area contributed by atoms with E-state index in [1.807, 2.05) is 6.07 Å². The van der Waals surface area contributed by atoms with Crippen LogP contribution < -0.4 is 27.4 Å². The molecule has 0 fully saturated rings. The molecule has 0 aliphatic heterocycles. The smallest absolute Gasteiger partial charge is 0.325 e. The fraction of sp³-hybridized carbons (Fsp3) is 0.565. The minimum atomic E-state index is -1.19. The van der Waals surface area contributed by atoms with Crippen LogP contribution in [0.5, 0.6) is 0 Å². The molecule has 0 heterocycles. The van der Waals surface area contributed by atoms with Gasteiger partial charge >= 0.3 is 5.97 Å². The molecule has 4 atom stereocenters. The van der Waals surface area contributed by atoms with Gasteiger partial charge in [0.1, 0.15) is 18.1 Å². The lowest BCUT2D eigenvalue weighted by molar-refractivity contribution is -0.141. The van der Waals surface area contributed by atoms with Crippen molar-refractivity contribution in [2.75, 3.05) is 6.54 Å². The van der Waals surface area contributed by atoms with E-state index in [2.05, 4.69) is 16.0 Å². The zero-order valence-corrected chi connectivity index (χ0v) is 19.5. The van der Waals surface area contributed by atoms with Crippen LogP contribution in [0, 0.1) is 5.92 Å². The fourth-order valence-corrected chi connectivity index (χ4v) is 3.04. The maximum atomic E-state index is 13.1. The quantitative estimate of drug-likeness (QED) is 0.209. The molecule has 10 heteroatoms. The van der Waals surface area contributed by atoms with Gasteiger partial charge < -0.3 is 32.5 Å². The lowest BCUT2D eigenvalue weighted by Gasteiger charge is -2.25. The molecule has 0 aliphatic carbocycles. The van der Waals surface area contributed by atoms with Crippen molar-refractivity contribution in [3.8, 4) is 0 Å². The van der Waals surface area contributed by atoms with Crippen molar-refractivity contribution in [2.24, 2.45) is 17.4 Å². The van der Waals surface area contributed by atoms with E-state index in [-0.39, 0.29) is 12.3 Å². The Bertz CT molecular complexity index is 787. The van der Waals surface area contributed by atoms with Crippen molar-refractivity contribution >= 4 is 23.7 Å². The number of aliphatic carboxylic acids is 1. The Kier molecular flexibility index (Phi) is 12.1. The lowest BCUT2D eigenvalue weighted by atomic mass is 10.0. The molecule has 0 aliphatic rings. The molecule has 8 N–H and O–H groups in total. The van der Waals surface area contributed by atoms with Crippen LogP contribution in [0.25, 0.3) is 0 Å². The average Bonchev–Trinajstić information content (AvgIpc) is 2.77. The maximum absolute atomic E-state index is 13.1. The standard InChI is InChI=1S/C23H37N5O5/c1-14(2)19(25)22(31)27-17(11-7-8-12-24)20(29)28-18(13-16-9-5-4-6-10-16)21(30)26-15(3)23(32)33/h4-6,9-10,14-15,17-19H,7-8,11-13,24-25H2,1-3H3,(H,26,30)(H,27,31)(H,28,29)(H,32,33). The first-order chi connectivity index (χ1) is 15.6. The summed E-state index contributed by atoms with van der Waals surface area (Å²) in [5, 5.41) is 16.9. The van der Waals surface area contributed by atoms with Crippen LogP contribution in [0.3, 0.4) is 0 Å². The summed E-state index contributed by atoms with van der Waals surface area (Å²) < 4.78 is 0. The zero-order chi connectivity index (χ0) is 25.0. The molecule has 0 saturated carbocycles. The minimum absolute atomic E-state index is 0.119. The lowest BCUT2D eigenvalue weighted by Crippen LogP contribution is -2.57. The molecule has 0 radical (unpaired) electrons. The third-order valence-electron chi connectivity index (χ3n) is 5.25. The highest BCUT2D eigenvalue weighted by Gasteiger charge is 2.29. The highest BCUT2D eigenvalue weighted by molar-refractivity contribution is 5.94. The fourth-order valence-electron chi connectivity index (χ4n) is 3.04. The Morgan fingerprint density at radius 3 is 2.00 bits per heavy atom. The van der Waals surface area contributed by atoms with Crippen molar-refractivity contribution in [3.63, 3.8) is 0 Å². The van der Waals surface area contributed by atoms with Gasteiger partial charge in [-0.15, -0.1) is 0 Å². The molecule has 1 rings (SSSR count). The van der Waals surface area contributed by atoms with E-state index in [0.29, 0.717) is 25.8 Å². The largest absolute Gasteiger partial charge is 0.480 e. The van der Waals surface area contributed by atoms with Crippen LogP contribution >= 0.6 is 0 Å². The van der Waals surface area contributed by atoms with E-state index in [1.54, 1.807) is 38.1 Å².